The van der Waals surface area contributed by atoms with Crippen LogP contribution in [0, 0.1) is 0 Å². The van der Waals surface area contributed by atoms with Crippen molar-refractivity contribution in [2.75, 3.05) is 12.4 Å². The molecule has 0 unspecified atom stereocenters. The average molecular weight is 322 g/mol. The van der Waals surface area contributed by atoms with Crippen molar-refractivity contribution in [3.8, 4) is 6.01 Å². The predicted octanol–water partition coefficient (Wildman–Crippen LogP) is 3.48. The van der Waals surface area contributed by atoms with Gasteiger partial charge in [-0.05, 0) is 35.9 Å². The Hall–Kier alpha value is -2.18. The molecule has 3 rings (SSSR count). The molecule has 0 spiro atoms. The smallest absolute Gasteiger partial charge is 0.322 e. The van der Waals surface area contributed by atoms with Crippen LogP contribution in [0.1, 0.15) is 0 Å². The Morgan fingerprint density at radius 1 is 1.10 bits per heavy atom. The van der Waals surface area contributed by atoms with Gasteiger partial charge in [0.25, 0.3) is 0 Å². The molecule has 21 heavy (non-hydrogen) atoms. The number of benzene rings is 1. The number of hydrogen-bond acceptors (Lipinski definition) is 6. The normalized spacial score (nSPS) is 10.6. The summed E-state index contributed by atoms with van der Waals surface area (Å²) in [6.07, 6.45) is 1.69. The first-order valence-electron chi connectivity index (χ1n) is 5.93. The van der Waals surface area contributed by atoms with Crippen LogP contribution < -0.4 is 10.1 Å². The van der Waals surface area contributed by atoms with Gasteiger partial charge in [-0.15, -0.1) is 0 Å². The van der Waals surface area contributed by atoms with E-state index in [1.807, 2.05) is 12.1 Å². The Bertz CT molecular complexity index is 812. The number of hydrogen-bond donors (Lipinski definition) is 1. The number of halogens is 2. The fraction of sp³-hybridized carbons (Fsp3) is 0.0769. The van der Waals surface area contributed by atoms with E-state index in [1.54, 1.807) is 18.3 Å². The quantitative estimate of drug-likeness (QED) is 0.796. The van der Waals surface area contributed by atoms with Gasteiger partial charge in [0.1, 0.15) is 0 Å². The SMILES string of the molecule is COc1nc(Cl)nc(Nc2ccc(Cl)c3cccnc23)n1. The summed E-state index contributed by atoms with van der Waals surface area (Å²) in [5.41, 5.74) is 1.42. The molecule has 3 aromatic rings. The average Bonchev–Trinajstić information content (AvgIpc) is 2.50. The minimum atomic E-state index is 0.0376. The van der Waals surface area contributed by atoms with Crippen LogP contribution >= 0.6 is 23.2 Å². The predicted molar refractivity (Wildman–Crippen MR) is 81.4 cm³/mol. The number of methoxy groups -OCH3 is 1. The van der Waals surface area contributed by atoms with Crippen LogP contribution in [0.15, 0.2) is 30.5 Å². The number of anilines is 2. The molecule has 8 heteroatoms. The summed E-state index contributed by atoms with van der Waals surface area (Å²) >= 11 is 12.0. The van der Waals surface area contributed by atoms with Gasteiger partial charge in [-0.1, -0.05) is 11.6 Å². The van der Waals surface area contributed by atoms with Gasteiger partial charge in [0.15, 0.2) is 0 Å². The number of nitrogens with one attached hydrogen (secondary N) is 1. The van der Waals surface area contributed by atoms with Crippen molar-refractivity contribution in [3.05, 3.63) is 40.8 Å². The Kier molecular flexibility index (Phi) is 3.72. The number of aromatic nitrogens is 4. The number of pyridine rings is 1. The minimum Gasteiger partial charge on any atom is -0.467 e. The van der Waals surface area contributed by atoms with E-state index in [2.05, 4.69) is 25.3 Å². The maximum atomic E-state index is 6.15. The van der Waals surface area contributed by atoms with Crippen molar-refractivity contribution in [1.82, 2.24) is 19.9 Å². The number of ether oxygens (including phenoxy) is 1. The summed E-state index contributed by atoms with van der Waals surface area (Å²) in [5.74, 6) is 0.265. The second-order valence-electron chi connectivity index (χ2n) is 4.03. The molecule has 1 aromatic carbocycles. The van der Waals surface area contributed by atoms with Crippen LogP contribution in [0.4, 0.5) is 11.6 Å². The molecule has 0 aliphatic heterocycles. The van der Waals surface area contributed by atoms with Crippen molar-refractivity contribution in [1.29, 1.82) is 0 Å². The van der Waals surface area contributed by atoms with Crippen molar-refractivity contribution in [2.24, 2.45) is 0 Å². The van der Waals surface area contributed by atoms with Crippen LogP contribution in [-0.4, -0.2) is 27.0 Å². The van der Waals surface area contributed by atoms with E-state index >= 15 is 0 Å². The summed E-state index contributed by atoms with van der Waals surface area (Å²) in [5, 5.41) is 4.53. The maximum absolute atomic E-state index is 6.15. The highest BCUT2D eigenvalue weighted by molar-refractivity contribution is 6.35. The largest absolute Gasteiger partial charge is 0.467 e. The van der Waals surface area contributed by atoms with Gasteiger partial charge in [0.2, 0.25) is 11.2 Å². The lowest BCUT2D eigenvalue weighted by atomic mass is 10.2. The van der Waals surface area contributed by atoms with Crippen molar-refractivity contribution in [2.45, 2.75) is 0 Å². The first kappa shape index (κ1) is 13.8. The molecule has 1 N–H and O–H groups in total. The molecule has 0 saturated carbocycles. The van der Waals surface area contributed by atoms with Crippen LogP contribution in [0.25, 0.3) is 10.9 Å². The van der Waals surface area contributed by atoms with Gasteiger partial charge in [0.05, 0.1) is 23.3 Å². The minimum absolute atomic E-state index is 0.0376. The van der Waals surface area contributed by atoms with Gasteiger partial charge < -0.3 is 10.1 Å². The molecular weight excluding hydrogens is 313 g/mol. The summed E-state index contributed by atoms with van der Waals surface area (Å²) < 4.78 is 4.96. The summed E-state index contributed by atoms with van der Waals surface area (Å²) in [6.45, 7) is 0. The Morgan fingerprint density at radius 3 is 2.76 bits per heavy atom. The topological polar surface area (TPSA) is 72.8 Å². The second-order valence-corrected chi connectivity index (χ2v) is 4.78. The number of nitrogens with zero attached hydrogens (tertiary/aromatic N) is 4. The molecule has 0 fully saturated rings. The highest BCUT2D eigenvalue weighted by Crippen LogP contribution is 2.29. The monoisotopic (exact) mass is 321 g/mol. The highest BCUT2D eigenvalue weighted by atomic mass is 35.5. The number of fused-ring (bicyclic) bond motifs is 1. The van der Waals surface area contributed by atoms with Gasteiger partial charge in [-0.25, -0.2) is 0 Å². The standard InChI is InChI=1S/C13H9Cl2N5O/c1-21-13-19-11(15)18-12(20-13)17-9-5-4-8(14)7-3-2-6-16-10(7)9/h2-6H,1H3,(H,17,18,19,20). The fourth-order valence-corrected chi connectivity index (χ4v) is 2.21. The zero-order valence-corrected chi connectivity index (χ0v) is 12.4. The van der Waals surface area contributed by atoms with E-state index in [0.29, 0.717) is 16.2 Å². The Labute approximate surface area is 130 Å². The lowest BCUT2D eigenvalue weighted by molar-refractivity contribution is 0.379. The summed E-state index contributed by atoms with van der Waals surface area (Å²) in [4.78, 5) is 16.2. The molecule has 0 bridgehead atoms. The molecule has 0 atom stereocenters. The fourth-order valence-electron chi connectivity index (χ4n) is 1.84. The van der Waals surface area contributed by atoms with Crippen molar-refractivity contribution in [3.63, 3.8) is 0 Å². The maximum Gasteiger partial charge on any atom is 0.322 e. The third-order valence-electron chi connectivity index (χ3n) is 2.73. The van der Waals surface area contributed by atoms with E-state index < -0.39 is 0 Å². The van der Waals surface area contributed by atoms with E-state index in [1.165, 1.54) is 7.11 Å². The molecule has 0 radical (unpaired) electrons. The van der Waals surface area contributed by atoms with E-state index in [9.17, 15) is 0 Å². The summed E-state index contributed by atoms with van der Waals surface area (Å²) in [6, 6.07) is 7.40. The van der Waals surface area contributed by atoms with Crippen LogP contribution in [0.2, 0.25) is 10.3 Å². The van der Waals surface area contributed by atoms with E-state index in [0.717, 1.165) is 5.39 Å². The molecule has 6 nitrogen and oxygen atoms in total. The molecule has 0 amide bonds. The first-order chi connectivity index (χ1) is 10.2. The van der Waals surface area contributed by atoms with Gasteiger partial charge in [-0.3, -0.25) is 4.98 Å². The van der Waals surface area contributed by atoms with Crippen LogP contribution in [-0.2, 0) is 0 Å². The van der Waals surface area contributed by atoms with Gasteiger partial charge in [-0.2, -0.15) is 15.0 Å². The van der Waals surface area contributed by atoms with Gasteiger partial charge >= 0.3 is 6.01 Å². The molecule has 0 aliphatic carbocycles. The Balaban J connectivity index is 2.06. The third kappa shape index (κ3) is 2.81. The van der Waals surface area contributed by atoms with Gasteiger partial charge in [0, 0.05) is 11.6 Å². The zero-order valence-electron chi connectivity index (χ0n) is 10.8. The van der Waals surface area contributed by atoms with Crippen LogP contribution in [0.5, 0.6) is 6.01 Å². The zero-order chi connectivity index (χ0) is 14.8. The van der Waals surface area contributed by atoms with Crippen molar-refractivity contribution >= 4 is 45.7 Å². The van der Waals surface area contributed by atoms with Crippen molar-refractivity contribution < 1.29 is 4.74 Å². The molecule has 0 saturated heterocycles. The van der Waals surface area contributed by atoms with Crippen LogP contribution in [0.3, 0.4) is 0 Å². The molecular formula is C13H9Cl2N5O. The second kappa shape index (κ2) is 5.67. The van der Waals surface area contributed by atoms with E-state index in [4.69, 9.17) is 27.9 Å². The molecule has 2 aromatic heterocycles. The van der Waals surface area contributed by atoms with E-state index in [-0.39, 0.29) is 17.2 Å². The molecule has 0 aliphatic rings. The molecule has 2 heterocycles. The summed E-state index contributed by atoms with van der Waals surface area (Å²) in [7, 11) is 1.45. The lowest BCUT2D eigenvalue weighted by Crippen LogP contribution is -2.02. The molecule has 106 valence electrons. The Morgan fingerprint density at radius 2 is 1.95 bits per heavy atom. The first-order valence-corrected chi connectivity index (χ1v) is 6.69. The highest BCUT2D eigenvalue weighted by Gasteiger charge is 2.09. The number of rotatable bonds is 3. The lowest BCUT2D eigenvalue weighted by Gasteiger charge is -2.09. The third-order valence-corrected chi connectivity index (χ3v) is 3.23.